The van der Waals surface area contributed by atoms with Gasteiger partial charge in [-0.05, 0) is 86.3 Å². The van der Waals surface area contributed by atoms with Gasteiger partial charge in [-0.3, -0.25) is 9.78 Å². The van der Waals surface area contributed by atoms with Crippen LogP contribution >= 0.6 is 11.8 Å². The maximum absolute atomic E-state index is 15.3. The van der Waals surface area contributed by atoms with Crippen molar-refractivity contribution in [2.45, 2.75) is 36.8 Å². The van der Waals surface area contributed by atoms with E-state index in [1.54, 1.807) is 43.7 Å². The molecule has 6 nitrogen and oxygen atoms in total. The van der Waals surface area contributed by atoms with Crippen LogP contribution in [0.3, 0.4) is 0 Å². The summed E-state index contributed by atoms with van der Waals surface area (Å²) in [5.74, 6) is 0.366. The van der Waals surface area contributed by atoms with Gasteiger partial charge in [0.15, 0.2) is 0 Å². The Kier molecular flexibility index (Phi) is 8.45. The Morgan fingerprint density at radius 2 is 2.26 bits per heavy atom. The molecule has 0 aliphatic carbocycles. The standard InChI is InChI=1S/C26H31FN2O4S/c1-32-19-4-6-25-22(15-19)21(7-10-28-25)24(27)5-3-18-8-12-29(16-23(18)26(30)31)11-2-14-34-20-9-13-33-17-20/h4,6-7,9-10,13,15,17-18,23-24H,2-3,5,8,11-12,14,16H2,1H3,(H,30,31)/t18-,23+,24-/m1/s1. The number of likely N-dealkylation sites (tertiary alicyclic amines) is 1. The molecule has 2 aromatic heterocycles. The molecule has 0 bridgehead atoms. The van der Waals surface area contributed by atoms with Gasteiger partial charge in [0, 0.05) is 23.0 Å². The molecule has 1 fully saturated rings. The molecule has 0 saturated carbocycles. The third-order valence-electron chi connectivity index (χ3n) is 6.65. The Bertz CT molecular complexity index is 1080. The number of carbonyl (C=O) groups is 1. The van der Waals surface area contributed by atoms with Crippen LogP contribution in [0.2, 0.25) is 0 Å². The number of fused-ring (bicyclic) bond motifs is 1. The van der Waals surface area contributed by atoms with Crippen LogP contribution in [0.4, 0.5) is 4.39 Å². The lowest BCUT2D eigenvalue weighted by Crippen LogP contribution is -2.44. The van der Waals surface area contributed by atoms with Gasteiger partial charge in [0.25, 0.3) is 0 Å². The number of piperidine rings is 1. The van der Waals surface area contributed by atoms with Gasteiger partial charge in [0.1, 0.15) is 18.2 Å². The third-order valence-corrected chi connectivity index (χ3v) is 7.71. The fourth-order valence-corrected chi connectivity index (χ4v) is 5.56. The molecule has 0 unspecified atom stereocenters. The number of halogens is 1. The number of carboxylic acids is 1. The van der Waals surface area contributed by atoms with Crippen molar-refractivity contribution in [1.29, 1.82) is 0 Å². The van der Waals surface area contributed by atoms with Gasteiger partial charge in [-0.25, -0.2) is 4.39 Å². The molecule has 8 heteroatoms. The van der Waals surface area contributed by atoms with E-state index in [0.717, 1.165) is 47.5 Å². The molecule has 3 atom stereocenters. The van der Waals surface area contributed by atoms with Gasteiger partial charge in [-0.1, -0.05) is 0 Å². The maximum Gasteiger partial charge on any atom is 0.308 e. The Morgan fingerprint density at radius 3 is 3.03 bits per heavy atom. The predicted molar refractivity (Wildman–Crippen MR) is 131 cm³/mol. The van der Waals surface area contributed by atoms with E-state index in [1.807, 2.05) is 24.3 Å². The minimum atomic E-state index is -1.18. The molecule has 34 heavy (non-hydrogen) atoms. The van der Waals surface area contributed by atoms with Crippen molar-refractivity contribution in [3.05, 3.63) is 54.6 Å². The molecular formula is C26H31FN2O4S. The summed E-state index contributed by atoms with van der Waals surface area (Å²) in [5, 5.41) is 10.6. The number of alkyl halides is 1. The van der Waals surface area contributed by atoms with Crippen LogP contribution in [0.5, 0.6) is 5.75 Å². The molecule has 1 N–H and O–H groups in total. The molecule has 4 rings (SSSR count). The van der Waals surface area contributed by atoms with Crippen molar-refractivity contribution < 1.29 is 23.4 Å². The lowest BCUT2D eigenvalue weighted by atomic mass is 9.81. The molecule has 1 aromatic carbocycles. The molecule has 0 radical (unpaired) electrons. The van der Waals surface area contributed by atoms with E-state index >= 15 is 4.39 Å². The number of aromatic nitrogens is 1. The Balaban J connectivity index is 1.31. The molecular weight excluding hydrogens is 455 g/mol. The van der Waals surface area contributed by atoms with Gasteiger partial charge in [-0.2, -0.15) is 0 Å². The van der Waals surface area contributed by atoms with Crippen molar-refractivity contribution >= 4 is 28.6 Å². The molecule has 182 valence electrons. The second-order valence-corrected chi connectivity index (χ2v) is 9.95. The topological polar surface area (TPSA) is 75.8 Å². The van der Waals surface area contributed by atoms with E-state index in [-0.39, 0.29) is 5.92 Å². The number of hydrogen-bond acceptors (Lipinski definition) is 6. The highest BCUT2D eigenvalue weighted by Gasteiger charge is 2.34. The molecule has 1 saturated heterocycles. The predicted octanol–water partition coefficient (Wildman–Crippen LogP) is 5.83. The maximum atomic E-state index is 15.3. The smallest absolute Gasteiger partial charge is 0.308 e. The van der Waals surface area contributed by atoms with Crippen molar-refractivity contribution in [1.82, 2.24) is 9.88 Å². The quantitative estimate of drug-likeness (QED) is 0.270. The van der Waals surface area contributed by atoms with Crippen LogP contribution in [-0.4, -0.2) is 53.5 Å². The number of carboxylic acid groups (broad SMARTS) is 1. The van der Waals surface area contributed by atoms with Crippen molar-refractivity contribution in [2.24, 2.45) is 11.8 Å². The number of nitrogens with zero attached hydrogens (tertiary/aromatic N) is 2. The van der Waals surface area contributed by atoms with Crippen LogP contribution < -0.4 is 4.74 Å². The van der Waals surface area contributed by atoms with Crippen molar-refractivity contribution in [3.63, 3.8) is 0 Å². The van der Waals surface area contributed by atoms with Gasteiger partial charge >= 0.3 is 5.97 Å². The highest BCUT2D eigenvalue weighted by atomic mass is 32.2. The lowest BCUT2D eigenvalue weighted by molar-refractivity contribution is -0.146. The highest BCUT2D eigenvalue weighted by Crippen LogP contribution is 2.35. The number of ether oxygens (including phenoxy) is 1. The summed E-state index contributed by atoms with van der Waals surface area (Å²) in [6.45, 7) is 2.26. The Hall–Kier alpha value is -2.58. The average Bonchev–Trinajstić information content (AvgIpc) is 3.38. The van der Waals surface area contributed by atoms with Crippen molar-refractivity contribution in [3.8, 4) is 5.75 Å². The van der Waals surface area contributed by atoms with Crippen molar-refractivity contribution in [2.75, 3.05) is 32.5 Å². The first kappa shape index (κ1) is 24.5. The number of furan rings is 1. The SMILES string of the molecule is COc1ccc2nccc([C@H](F)CC[C@@H]3CCN(CCCSc4ccoc4)C[C@@H]3C(=O)O)c2c1. The summed E-state index contributed by atoms with van der Waals surface area (Å²) in [5.41, 5.74) is 1.31. The second kappa shape index (κ2) is 11.7. The van der Waals surface area contributed by atoms with Crippen LogP contribution in [0, 0.1) is 11.8 Å². The molecule has 3 aromatic rings. The summed E-state index contributed by atoms with van der Waals surface area (Å²) in [7, 11) is 1.58. The fraction of sp³-hybridized carbons (Fsp3) is 0.462. The zero-order valence-corrected chi connectivity index (χ0v) is 20.2. The summed E-state index contributed by atoms with van der Waals surface area (Å²) in [6, 6.07) is 9.11. The summed E-state index contributed by atoms with van der Waals surface area (Å²) in [4.78, 5) is 19.7. The molecule has 1 aliphatic rings. The van der Waals surface area contributed by atoms with Crippen LogP contribution in [0.1, 0.15) is 37.4 Å². The van der Waals surface area contributed by atoms with Gasteiger partial charge in [-0.15, -0.1) is 11.8 Å². The lowest BCUT2D eigenvalue weighted by Gasteiger charge is -2.36. The number of pyridine rings is 1. The van der Waals surface area contributed by atoms with Crippen LogP contribution in [-0.2, 0) is 4.79 Å². The van der Waals surface area contributed by atoms with E-state index in [9.17, 15) is 9.90 Å². The first-order valence-electron chi connectivity index (χ1n) is 11.7. The van der Waals surface area contributed by atoms with E-state index in [2.05, 4.69) is 9.88 Å². The first-order valence-corrected chi connectivity index (χ1v) is 12.7. The number of benzene rings is 1. The van der Waals surface area contributed by atoms with E-state index in [0.29, 0.717) is 30.7 Å². The van der Waals surface area contributed by atoms with Crippen LogP contribution in [0.25, 0.3) is 10.9 Å². The molecule has 1 aliphatic heterocycles. The van der Waals surface area contributed by atoms with E-state index in [4.69, 9.17) is 9.15 Å². The largest absolute Gasteiger partial charge is 0.497 e. The van der Waals surface area contributed by atoms with E-state index < -0.39 is 18.1 Å². The summed E-state index contributed by atoms with van der Waals surface area (Å²) < 4.78 is 25.7. The Labute approximate surface area is 203 Å². The second-order valence-electron chi connectivity index (χ2n) is 8.78. The minimum Gasteiger partial charge on any atom is -0.497 e. The molecule has 0 amide bonds. The number of hydrogen-bond donors (Lipinski definition) is 1. The van der Waals surface area contributed by atoms with Crippen LogP contribution in [0.15, 0.2) is 58.4 Å². The number of thioether (sulfide) groups is 1. The average molecular weight is 487 g/mol. The third kappa shape index (κ3) is 6.10. The fourth-order valence-electron chi connectivity index (χ4n) is 4.77. The summed E-state index contributed by atoms with van der Waals surface area (Å²) in [6.07, 6.45) is 6.47. The van der Waals surface area contributed by atoms with E-state index in [1.165, 1.54) is 0 Å². The number of aliphatic carboxylic acids is 1. The monoisotopic (exact) mass is 486 g/mol. The minimum absolute atomic E-state index is 0.0186. The van der Waals surface area contributed by atoms with Gasteiger partial charge < -0.3 is 19.2 Å². The number of methoxy groups -OCH3 is 1. The normalized spacial score (nSPS) is 19.8. The summed E-state index contributed by atoms with van der Waals surface area (Å²) >= 11 is 1.74. The first-order chi connectivity index (χ1) is 16.5. The van der Waals surface area contributed by atoms with Gasteiger partial charge in [0.2, 0.25) is 0 Å². The molecule has 0 spiro atoms. The zero-order valence-electron chi connectivity index (χ0n) is 19.4. The number of rotatable bonds is 11. The highest BCUT2D eigenvalue weighted by molar-refractivity contribution is 7.99. The zero-order chi connectivity index (χ0) is 23.9. The Morgan fingerprint density at radius 1 is 1.38 bits per heavy atom. The molecule has 3 heterocycles. The van der Waals surface area contributed by atoms with Gasteiger partial charge in [0.05, 0.1) is 24.8 Å².